The first kappa shape index (κ1) is 15.2. The zero-order valence-corrected chi connectivity index (χ0v) is 13.8. The van der Waals surface area contributed by atoms with Crippen LogP contribution < -0.4 is 5.32 Å². The molecule has 0 atom stereocenters. The number of nitrogens with one attached hydrogen (secondary N) is 1. The lowest BCUT2D eigenvalue weighted by Gasteiger charge is -2.39. The molecule has 3 aromatic rings. The highest BCUT2D eigenvalue weighted by Gasteiger charge is 2.27. The number of likely N-dealkylation sites (tertiary alicyclic amines) is 1. The number of nitrogens with zero attached hydrogens (tertiary/aromatic N) is 3. The standard InChI is InChI=1S/C18H17FN4S/c19-16-5-4-13(9-15(16)17-3-1-8-24-17)10-23-11-14(12-23)22-18-20-6-2-7-21-18/h1-9,14H,10-12H2,(H,20,21,22). The Balaban J connectivity index is 1.37. The Morgan fingerprint density at radius 3 is 2.75 bits per heavy atom. The molecule has 6 heteroatoms. The summed E-state index contributed by atoms with van der Waals surface area (Å²) < 4.78 is 14.0. The summed E-state index contributed by atoms with van der Waals surface area (Å²) in [6, 6.07) is 11.5. The topological polar surface area (TPSA) is 41.0 Å². The highest BCUT2D eigenvalue weighted by molar-refractivity contribution is 7.13. The molecule has 1 saturated heterocycles. The van der Waals surface area contributed by atoms with E-state index in [2.05, 4.69) is 20.2 Å². The van der Waals surface area contributed by atoms with Gasteiger partial charge < -0.3 is 5.32 Å². The largest absolute Gasteiger partial charge is 0.349 e. The Hall–Kier alpha value is -2.31. The van der Waals surface area contributed by atoms with Crippen LogP contribution in [0.4, 0.5) is 10.3 Å². The minimum atomic E-state index is -0.162. The number of thiophene rings is 1. The molecular weight excluding hydrogens is 323 g/mol. The van der Waals surface area contributed by atoms with E-state index in [4.69, 9.17) is 0 Å². The summed E-state index contributed by atoms with van der Waals surface area (Å²) >= 11 is 1.56. The lowest BCUT2D eigenvalue weighted by Crippen LogP contribution is -2.54. The molecule has 0 amide bonds. The normalized spacial score (nSPS) is 15.2. The summed E-state index contributed by atoms with van der Waals surface area (Å²) in [5.41, 5.74) is 1.82. The number of halogens is 1. The van der Waals surface area contributed by atoms with Crippen molar-refractivity contribution in [2.75, 3.05) is 18.4 Å². The van der Waals surface area contributed by atoms with Crippen molar-refractivity contribution in [3.63, 3.8) is 0 Å². The van der Waals surface area contributed by atoms with Gasteiger partial charge in [-0.3, -0.25) is 4.90 Å². The van der Waals surface area contributed by atoms with E-state index in [-0.39, 0.29) is 5.82 Å². The molecule has 4 rings (SSSR count). The van der Waals surface area contributed by atoms with Crippen LogP contribution in [0.3, 0.4) is 0 Å². The average Bonchev–Trinajstić information content (AvgIpc) is 3.09. The molecule has 0 spiro atoms. The second kappa shape index (κ2) is 6.67. The Labute approximate surface area is 144 Å². The van der Waals surface area contributed by atoms with Crippen molar-refractivity contribution in [3.05, 3.63) is 65.6 Å². The number of hydrogen-bond acceptors (Lipinski definition) is 5. The molecule has 1 N–H and O–H groups in total. The number of anilines is 1. The van der Waals surface area contributed by atoms with Crippen molar-refractivity contribution in [3.8, 4) is 10.4 Å². The molecule has 0 unspecified atom stereocenters. The maximum absolute atomic E-state index is 14.0. The molecule has 1 fully saturated rings. The van der Waals surface area contributed by atoms with Crippen molar-refractivity contribution in [1.82, 2.24) is 14.9 Å². The van der Waals surface area contributed by atoms with Crippen LogP contribution in [0, 0.1) is 5.82 Å². The molecule has 1 aliphatic rings. The third-order valence-electron chi connectivity index (χ3n) is 4.08. The number of aromatic nitrogens is 2. The van der Waals surface area contributed by atoms with Gasteiger partial charge in [0.2, 0.25) is 5.95 Å². The first-order chi connectivity index (χ1) is 11.8. The Kier molecular flexibility index (Phi) is 4.23. The molecule has 0 bridgehead atoms. The van der Waals surface area contributed by atoms with E-state index < -0.39 is 0 Å². The van der Waals surface area contributed by atoms with Gasteiger partial charge in [-0.15, -0.1) is 11.3 Å². The molecule has 0 saturated carbocycles. The van der Waals surface area contributed by atoms with E-state index in [1.165, 1.54) is 0 Å². The Morgan fingerprint density at radius 1 is 1.17 bits per heavy atom. The van der Waals surface area contributed by atoms with Crippen LogP contribution >= 0.6 is 11.3 Å². The van der Waals surface area contributed by atoms with Crippen LogP contribution in [0.15, 0.2) is 54.2 Å². The van der Waals surface area contributed by atoms with E-state index in [1.807, 2.05) is 29.6 Å². The van der Waals surface area contributed by atoms with Crippen LogP contribution in [-0.2, 0) is 6.54 Å². The zero-order chi connectivity index (χ0) is 16.4. The lowest BCUT2D eigenvalue weighted by molar-refractivity contribution is 0.152. The maximum Gasteiger partial charge on any atom is 0.222 e. The lowest BCUT2D eigenvalue weighted by atomic mass is 10.0. The van der Waals surface area contributed by atoms with Gasteiger partial charge in [0.25, 0.3) is 0 Å². The predicted octanol–water partition coefficient (Wildman–Crippen LogP) is 3.64. The smallest absolute Gasteiger partial charge is 0.222 e. The molecule has 4 nitrogen and oxygen atoms in total. The van der Waals surface area contributed by atoms with Gasteiger partial charge in [-0.05, 0) is 35.2 Å². The van der Waals surface area contributed by atoms with Crippen LogP contribution in [-0.4, -0.2) is 34.0 Å². The van der Waals surface area contributed by atoms with Crippen molar-refractivity contribution in [2.24, 2.45) is 0 Å². The van der Waals surface area contributed by atoms with E-state index in [0.29, 0.717) is 17.6 Å². The van der Waals surface area contributed by atoms with Crippen molar-refractivity contribution >= 4 is 17.3 Å². The van der Waals surface area contributed by atoms with E-state index in [1.54, 1.807) is 35.9 Å². The summed E-state index contributed by atoms with van der Waals surface area (Å²) in [6.45, 7) is 2.69. The number of hydrogen-bond donors (Lipinski definition) is 1. The first-order valence-electron chi connectivity index (χ1n) is 7.86. The maximum atomic E-state index is 14.0. The fourth-order valence-electron chi connectivity index (χ4n) is 2.90. The molecule has 0 radical (unpaired) electrons. The van der Waals surface area contributed by atoms with Crippen LogP contribution in [0.25, 0.3) is 10.4 Å². The van der Waals surface area contributed by atoms with Gasteiger partial charge >= 0.3 is 0 Å². The van der Waals surface area contributed by atoms with E-state index >= 15 is 0 Å². The molecular formula is C18H17FN4S. The predicted molar refractivity (Wildman–Crippen MR) is 94.4 cm³/mol. The van der Waals surface area contributed by atoms with Gasteiger partial charge in [0.15, 0.2) is 0 Å². The van der Waals surface area contributed by atoms with Gasteiger partial charge in [0.05, 0.1) is 6.04 Å². The van der Waals surface area contributed by atoms with Crippen LogP contribution in [0.2, 0.25) is 0 Å². The third-order valence-corrected chi connectivity index (χ3v) is 4.98. The highest BCUT2D eigenvalue weighted by atomic mass is 32.1. The molecule has 0 aliphatic carbocycles. The molecule has 122 valence electrons. The minimum Gasteiger partial charge on any atom is -0.349 e. The Morgan fingerprint density at radius 2 is 2.00 bits per heavy atom. The van der Waals surface area contributed by atoms with Gasteiger partial charge in [-0.1, -0.05) is 12.1 Å². The quantitative estimate of drug-likeness (QED) is 0.770. The third kappa shape index (κ3) is 3.29. The number of rotatable bonds is 5. The van der Waals surface area contributed by atoms with Gasteiger partial charge in [0, 0.05) is 42.5 Å². The summed E-state index contributed by atoms with van der Waals surface area (Å²) in [7, 11) is 0. The summed E-state index contributed by atoms with van der Waals surface area (Å²) in [6.07, 6.45) is 3.47. The first-order valence-corrected chi connectivity index (χ1v) is 8.74. The second-order valence-corrected chi connectivity index (χ2v) is 6.85. The molecule has 2 aromatic heterocycles. The summed E-state index contributed by atoms with van der Waals surface area (Å²) in [5, 5.41) is 5.29. The fraction of sp³-hybridized carbons (Fsp3) is 0.222. The molecule has 24 heavy (non-hydrogen) atoms. The monoisotopic (exact) mass is 340 g/mol. The van der Waals surface area contributed by atoms with Crippen LogP contribution in [0.1, 0.15) is 5.56 Å². The molecule has 3 heterocycles. The van der Waals surface area contributed by atoms with Crippen LogP contribution in [0.5, 0.6) is 0 Å². The summed E-state index contributed by atoms with van der Waals surface area (Å²) in [5.74, 6) is 0.509. The highest BCUT2D eigenvalue weighted by Crippen LogP contribution is 2.29. The van der Waals surface area contributed by atoms with Gasteiger partial charge in [-0.2, -0.15) is 0 Å². The second-order valence-electron chi connectivity index (χ2n) is 5.90. The zero-order valence-electron chi connectivity index (χ0n) is 13.0. The molecule has 1 aromatic carbocycles. The van der Waals surface area contributed by atoms with Gasteiger partial charge in [-0.25, -0.2) is 14.4 Å². The molecule has 1 aliphatic heterocycles. The van der Waals surface area contributed by atoms with Crippen molar-refractivity contribution in [1.29, 1.82) is 0 Å². The van der Waals surface area contributed by atoms with Gasteiger partial charge in [0.1, 0.15) is 5.82 Å². The van der Waals surface area contributed by atoms with Crippen molar-refractivity contribution in [2.45, 2.75) is 12.6 Å². The van der Waals surface area contributed by atoms with Crippen molar-refractivity contribution < 1.29 is 4.39 Å². The van der Waals surface area contributed by atoms with E-state index in [0.717, 1.165) is 30.1 Å². The summed E-state index contributed by atoms with van der Waals surface area (Å²) in [4.78, 5) is 11.7. The average molecular weight is 340 g/mol. The minimum absolute atomic E-state index is 0.162. The van der Waals surface area contributed by atoms with E-state index in [9.17, 15) is 4.39 Å². The number of benzene rings is 1. The SMILES string of the molecule is Fc1ccc(CN2CC(Nc3ncccn3)C2)cc1-c1cccs1. The Bertz CT molecular complexity index is 801. The fourth-order valence-corrected chi connectivity index (χ4v) is 3.64.